The molecular weight excluding hydrogens is 448 g/mol. The smallest absolute Gasteiger partial charge is 0.425 e. The van der Waals surface area contributed by atoms with E-state index < -0.39 is 54.5 Å². The Hall–Kier alpha value is -3.58. The summed E-state index contributed by atoms with van der Waals surface area (Å²) >= 11 is 0. The van der Waals surface area contributed by atoms with Crippen molar-refractivity contribution in [3.05, 3.63) is 47.7 Å². The molecule has 0 saturated heterocycles. The van der Waals surface area contributed by atoms with Gasteiger partial charge in [0.1, 0.15) is 11.5 Å². The first-order valence-corrected chi connectivity index (χ1v) is 8.84. The third-order valence-electron chi connectivity index (χ3n) is 4.44. The Morgan fingerprint density at radius 2 is 2.03 bits per heavy atom. The highest BCUT2D eigenvalue weighted by atomic mass is 19.4. The predicted molar refractivity (Wildman–Crippen MR) is 97.5 cm³/mol. The van der Waals surface area contributed by atoms with Crippen molar-refractivity contribution in [1.29, 1.82) is 0 Å². The van der Waals surface area contributed by atoms with Gasteiger partial charge in [-0.15, -0.1) is 0 Å². The summed E-state index contributed by atoms with van der Waals surface area (Å²) in [6.45, 7) is -1.87. The topological polar surface area (TPSA) is 112 Å². The number of amidine groups is 1. The Balaban J connectivity index is 1.84. The molecule has 0 radical (unpaired) electrons. The largest absolute Gasteiger partial charge is 0.452 e. The minimum Gasteiger partial charge on any atom is -0.452 e. The van der Waals surface area contributed by atoms with Crippen LogP contribution in [0.5, 0.6) is 5.88 Å². The molecule has 0 unspecified atom stereocenters. The van der Waals surface area contributed by atoms with Crippen molar-refractivity contribution >= 4 is 17.6 Å². The number of hydrogen-bond acceptors (Lipinski definition) is 7. The van der Waals surface area contributed by atoms with Gasteiger partial charge in [-0.05, 0) is 25.1 Å². The number of benzene rings is 1. The van der Waals surface area contributed by atoms with Crippen LogP contribution in [-0.2, 0) is 10.3 Å². The zero-order valence-electron chi connectivity index (χ0n) is 16.2. The number of aliphatic imine (C=N–C) groups is 1. The molecule has 3 N–H and O–H groups in total. The Bertz CT molecular complexity index is 1030. The van der Waals surface area contributed by atoms with E-state index >= 15 is 0 Å². The number of carbonyl (C=O) groups excluding carboxylic acids is 1. The van der Waals surface area contributed by atoms with E-state index in [4.69, 9.17) is 5.73 Å². The van der Waals surface area contributed by atoms with Crippen LogP contribution in [0.1, 0.15) is 29.4 Å². The zero-order valence-corrected chi connectivity index (χ0v) is 16.2. The third kappa shape index (κ3) is 5.18. The average molecular weight is 463 g/mol. The number of hydrogen-bond donors (Lipinski definition) is 2. The highest BCUT2D eigenvalue weighted by Gasteiger charge is 2.50. The molecular formula is C18H15F6N5O3. The molecule has 32 heavy (non-hydrogen) atoms. The molecule has 1 aromatic heterocycles. The molecule has 0 aliphatic carbocycles. The normalized spacial score (nSPS) is 21.0. The van der Waals surface area contributed by atoms with Crippen molar-refractivity contribution in [3.63, 3.8) is 0 Å². The van der Waals surface area contributed by atoms with E-state index in [1.165, 1.54) is 6.92 Å². The van der Waals surface area contributed by atoms with Gasteiger partial charge in [-0.1, -0.05) is 0 Å². The van der Waals surface area contributed by atoms with Gasteiger partial charge in [0.05, 0.1) is 17.9 Å². The van der Waals surface area contributed by atoms with Gasteiger partial charge in [0.25, 0.3) is 11.9 Å². The van der Waals surface area contributed by atoms with E-state index in [9.17, 15) is 31.1 Å². The van der Waals surface area contributed by atoms with Crippen molar-refractivity contribution < 1.29 is 40.6 Å². The van der Waals surface area contributed by atoms with Gasteiger partial charge in [-0.3, -0.25) is 4.79 Å². The molecule has 1 aromatic carbocycles. The van der Waals surface area contributed by atoms with Crippen molar-refractivity contribution in [2.24, 2.45) is 10.7 Å². The number of nitrogens with one attached hydrogen (secondary N) is 1. The van der Waals surface area contributed by atoms with Gasteiger partial charge in [-0.25, -0.2) is 19.4 Å². The number of amides is 1. The van der Waals surface area contributed by atoms with Crippen LogP contribution >= 0.6 is 0 Å². The molecule has 2 heterocycles. The first-order chi connectivity index (χ1) is 14.9. The fourth-order valence-corrected chi connectivity index (χ4v) is 3.01. The van der Waals surface area contributed by atoms with Gasteiger partial charge in [0, 0.05) is 17.7 Å². The van der Waals surface area contributed by atoms with Gasteiger partial charge in [0.15, 0.2) is 6.10 Å². The number of alkyl halides is 5. The van der Waals surface area contributed by atoms with E-state index in [0.717, 1.165) is 30.6 Å². The molecule has 14 heteroatoms. The molecule has 1 aliphatic heterocycles. The lowest BCUT2D eigenvalue weighted by Gasteiger charge is -2.36. The van der Waals surface area contributed by atoms with Crippen LogP contribution in [-0.4, -0.2) is 40.8 Å². The molecule has 0 spiro atoms. The molecule has 0 bridgehead atoms. The second-order valence-electron chi connectivity index (χ2n) is 6.84. The van der Waals surface area contributed by atoms with Gasteiger partial charge in [-0.2, -0.15) is 22.0 Å². The Kier molecular flexibility index (Phi) is 6.14. The summed E-state index contributed by atoms with van der Waals surface area (Å²) in [6.07, 6.45) is -6.14. The molecule has 3 rings (SSSR count). The van der Waals surface area contributed by atoms with Crippen LogP contribution in [0.15, 0.2) is 35.6 Å². The van der Waals surface area contributed by atoms with E-state index in [2.05, 4.69) is 29.8 Å². The third-order valence-corrected chi connectivity index (χ3v) is 4.44. The Morgan fingerprint density at radius 1 is 1.31 bits per heavy atom. The van der Waals surface area contributed by atoms with Crippen LogP contribution in [0.2, 0.25) is 0 Å². The quantitative estimate of drug-likeness (QED) is 0.658. The van der Waals surface area contributed by atoms with Crippen LogP contribution < -0.4 is 15.8 Å². The summed E-state index contributed by atoms with van der Waals surface area (Å²) < 4.78 is 86.9. The van der Waals surface area contributed by atoms with Crippen LogP contribution in [0.3, 0.4) is 0 Å². The van der Waals surface area contributed by atoms with E-state index in [1.807, 2.05) is 0 Å². The summed E-state index contributed by atoms with van der Waals surface area (Å²) in [7, 11) is 0. The lowest BCUT2D eigenvalue weighted by molar-refractivity contribution is -0.208. The number of rotatable bonds is 5. The van der Waals surface area contributed by atoms with Gasteiger partial charge in [0.2, 0.25) is 5.88 Å². The summed E-state index contributed by atoms with van der Waals surface area (Å²) in [5.74, 6) is -2.23. The predicted octanol–water partition coefficient (Wildman–Crippen LogP) is 3.35. The summed E-state index contributed by atoms with van der Waals surface area (Å²) in [5, 5.41) is 2.36. The number of anilines is 1. The second kappa shape index (κ2) is 8.51. The summed E-state index contributed by atoms with van der Waals surface area (Å²) in [4.78, 5) is 23.3. The number of carbonyl (C=O) groups is 1. The van der Waals surface area contributed by atoms with Crippen LogP contribution in [0, 0.1) is 5.82 Å². The Labute approximate surface area is 176 Å². The maximum Gasteiger partial charge on any atom is 0.425 e. The van der Waals surface area contributed by atoms with Crippen molar-refractivity contribution in [2.75, 3.05) is 5.32 Å². The molecule has 8 nitrogen and oxygen atoms in total. The Morgan fingerprint density at radius 3 is 2.62 bits per heavy atom. The minimum atomic E-state index is -4.76. The highest BCUT2D eigenvalue weighted by molar-refractivity contribution is 6.02. The number of nitrogens with zero attached hydrogens (tertiary/aromatic N) is 3. The fraction of sp³-hybridized carbons (Fsp3) is 0.333. The van der Waals surface area contributed by atoms with Crippen LogP contribution in [0.4, 0.5) is 32.0 Å². The van der Waals surface area contributed by atoms with E-state index in [1.54, 1.807) is 0 Å². The molecule has 0 fully saturated rings. The molecule has 2 aromatic rings. The molecule has 1 aliphatic rings. The second-order valence-corrected chi connectivity index (χ2v) is 6.84. The van der Waals surface area contributed by atoms with E-state index in [0.29, 0.717) is 0 Å². The average Bonchev–Trinajstić information content (AvgIpc) is 2.68. The van der Waals surface area contributed by atoms with Gasteiger partial charge < -0.3 is 20.5 Å². The SMILES string of the molecule is C[C@@]1(c2cc(NC(=O)c3cnc(OC(F)F)cn3)ccc2F)C[C@@H](C(F)(F)F)OC(N)=N1. The number of aromatic nitrogens is 2. The monoisotopic (exact) mass is 463 g/mol. The fourth-order valence-electron chi connectivity index (χ4n) is 3.01. The molecule has 1 amide bonds. The highest BCUT2D eigenvalue weighted by Crippen LogP contribution is 2.41. The van der Waals surface area contributed by atoms with Crippen LogP contribution in [0.25, 0.3) is 0 Å². The standard InChI is InChI=1S/C18H15F6N5O3/c1-17(5-12(18(22,23)24)31-16(25)29-17)9-4-8(2-3-10(9)19)28-14(30)11-6-27-13(7-26-11)32-15(20)21/h2-4,6-7,12,15H,5H2,1H3,(H2,25,29)(H,28,30)/t12-,17-/m0/s1. The minimum absolute atomic E-state index is 0.00570. The number of halogens is 6. The molecule has 0 saturated carbocycles. The molecule has 172 valence electrons. The first-order valence-electron chi connectivity index (χ1n) is 8.84. The van der Waals surface area contributed by atoms with E-state index in [-0.39, 0.29) is 16.9 Å². The first kappa shape index (κ1) is 23.1. The molecule has 2 atom stereocenters. The zero-order chi connectivity index (χ0) is 23.7. The van der Waals surface area contributed by atoms with Gasteiger partial charge >= 0.3 is 12.8 Å². The summed E-state index contributed by atoms with van der Waals surface area (Å²) in [6, 6.07) is 2.45. The maximum atomic E-state index is 14.5. The number of nitrogens with two attached hydrogens (primary N) is 1. The van der Waals surface area contributed by atoms with Crippen molar-refractivity contribution in [3.8, 4) is 5.88 Å². The van der Waals surface area contributed by atoms with Crippen molar-refractivity contribution in [1.82, 2.24) is 9.97 Å². The maximum absolute atomic E-state index is 14.5. The summed E-state index contributed by atoms with van der Waals surface area (Å²) in [5.41, 5.74) is 3.11. The van der Waals surface area contributed by atoms with Crippen molar-refractivity contribution in [2.45, 2.75) is 37.8 Å². The number of ether oxygens (including phenoxy) is 2. The lowest BCUT2D eigenvalue weighted by Crippen LogP contribution is -2.46. The lowest BCUT2D eigenvalue weighted by atomic mass is 9.85.